The van der Waals surface area contributed by atoms with Crippen LogP contribution in [0.25, 0.3) is 0 Å². The molecule has 0 N–H and O–H groups in total. The van der Waals surface area contributed by atoms with E-state index in [2.05, 4.69) is 24.0 Å². The fourth-order valence-electron chi connectivity index (χ4n) is 2.14. The molecule has 0 spiro atoms. The second kappa shape index (κ2) is 4.25. The molecule has 1 aliphatic heterocycles. The molecule has 16 heavy (non-hydrogen) atoms. The molecule has 1 amide bonds. The van der Waals surface area contributed by atoms with Gasteiger partial charge in [0.2, 0.25) is 0 Å². The Morgan fingerprint density at radius 1 is 1.44 bits per heavy atom. The van der Waals surface area contributed by atoms with Gasteiger partial charge in [0.25, 0.3) is 5.91 Å². The fourth-order valence-corrected chi connectivity index (χ4v) is 2.14. The molecule has 0 aliphatic carbocycles. The molecule has 1 aromatic rings. The minimum Gasteiger partial charge on any atom is -0.333 e. The van der Waals surface area contributed by atoms with Crippen molar-refractivity contribution in [3.63, 3.8) is 0 Å². The average Bonchev–Trinajstić information content (AvgIpc) is 2.64. The summed E-state index contributed by atoms with van der Waals surface area (Å²) in [6.45, 7) is 4.76. The molecule has 1 aromatic heterocycles. The van der Waals surface area contributed by atoms with Crippen molar-refractivity contribution >= 4 is 5.91 Å². The summed E-state index contributed by atoms with van der Waals surface area (Å²) in [5.74, 6) is 0.0914. The molecule has 2 rings (SSSR count). The number of hydrogen-bond donors (Lipinski definition) is 0. The van der Waals surface area contributed by atoms with E-state index in [4.69, 9.17) is 0 Å². The zero-order valence-corrected chi connectivity index (χ0v) is 10.1. The zero-order chi connectivity index (χ0) is 11.7. The molecule has 0 bridgehead atoms. The molecular weight excluding hydrogens is 204 g/mol. The predicted molar refractivity (Wildman–Crippen MR) is 61.2 cm³/mol. The molecular formula is C11H18N4O. The van der Waals surface area contributed by atoms with Crippen molar-refractivity contribution in [2.24, 2.45) is 7.05 Å². The van der Waals surface area contributed by atoms with Gasteiger partial charge in [0.15, 0.2) is 0 Å². The van der Waals surface area contributed by atoms with Gasteiger partial charge in [-0.15, -0.1) is 0 Å². The van der Waals surface area contributed by atoms with Crippen molar-refractivity contribution < 1.29 is 4.79 Å². The number of hydrogen-bond acceptors (Lipinski definition) is 3. The Morgan fingerprint density at radius 2 is 2.19 bits per heavy atom. The van der Waals surface area contributed by atoms with Gasteiger partial charge < -0.3 is 9.80 Å². The van der Waals surface area contributed by atoms with Crippen LogP contribution in [0.4, 0.5) is 0 Å². The summed E-state index contributed by atoms with van der Waals surface area (Å²) in [7, 11) is 3.91. The van der Waals surface area contributed by atoms with Crippen LogP contribution in [0, 0.1) is 0 Å². The molecule has 1 saturated heterocycles. The van der Waals surface area contributed by atoms with E-state index >= 15 is 0 Å². The van der Waals surface area contributed by atoms with Crippen LogP contribution in [-0.2, 0) is 7.05 Å². The maximum absolute atomic E-state index is 12.2. The Kier molecular flexibility index (Phi) is 2.96. The Morgan fingerprint density at radius 3 is 2.75 bits per heavy atom. The van der Waals surface area contributed by atoms with Gasteiger partial charge in [0.1, 0.15) is 0 Å². The van der Waals surface area contributed by atoms with Crippen molar-refractivity contribution in [2.45, 2.75) is 13.0 Å². The van der Waals surface area contributed by atoms with E-state index in [-0.39, 0.29) is 11.9 Å². The van der Waals surface area contributed by atoms with Crippen molar-refractivity contribution in [2.75, 3.05) is 26.7 Å². The third-order valence-electron chi connectivity index (χ3n) is 3.04. The molecule has 5 heteroatoms. The van der Waals surface area contributed by atoms with E-state index in [0.29, 0.717) is 5.56 Å². The maximum atomic E-state index is 12.2. The summed E-state index contributed by atoms with van der Waals surface area (Å²) in [5, 5.41) is 4.03. The highest BCUT2D eigenvalue weighted by molar-refractivity contribution is 5.94. The lowest BCUT2D eigenvalue weighted by atomic mass is 10.1. The molecule has 0 saturated carbocycles. The lowest BCUT2D eigenvalue weighted by Gasteiger charge is -2.38. The summed E-state index contributed by atoms with van der Waals surface area (Å²) in [4.78, 5) is 16.4. The van der Waals surface area contributed by atoms with Crippen LogP contribution in [0.3, 0.4) is 0 Å². The number of aromatic nitrogens is 2. The quantitative estimate of drug-likeness (QED) is 0.681. The summed E-state index contributed by atoms with van der Waals surface area (Å²) in [5.41, 5.74) is 0.680. The number of amides is 1. The highest BCUT2D eigenvalue weighted by atomic mass is 16.2. The van der Waals surface area contributed by atoms with Gasteiger partial charge in [-0.1, -0.05) is 0 Å². The van der Waals surface area contributed by atoms with E-state index in [1.165, 1.54) is 0 Å². The molecule has 0 radical (unpaired) electrons. The van der Waals surface area contributed by atoms with Crippen LogP contribution in [0.2, 0.25) is 0 Å². The Bertz CT molecular complexity index is 387. The molecule has 88 valence electrons. The molecule has 1 aliphatic rings. The van der Waals surface area contributed by atoms with Gasteiger partial charge >= 0.3 is 0 Å². The summed E-state index contributed by atoms with van der Waals surface area (Å²) < 4.78 is 1.66. The SMILES string of the molecule is CC1CN(C)CCN1C(=O)c1cnn(C)c1. The van der Waals surface area contributed by atoms with Gasteiger partial charge in [0.05, 0.1) is 11.8 Å². The van der Waals surface area contributed by atoms with Crippen LogP contribution >= 0.6 is 0 Å². The second-order valence-corrected chi connectivity index (χ2v) is 4.51. The van der Waals surface area contributed by atoms with Crippen LogP contribution in [0.5, 0.6) is 0 Å². The monoisotopic (exact) mass is 222 g/mol. The number of rotatable bonds is 1. The van der Waals surface area contributed by atoms with Gasteiger partial charge in [-0.25, -0.2) is 0 Å². The second-order valence-electron chi connectivity index (χ2n) is 4.51. The summed E-state index contributed by atoms with van der Waals surface area (Å²) in [6, 6.07) is 0.270. The van der Waals surface area contributed by atoms with E-state index in [1.54, 1.807) is 17.1 Å². The Hall–Kier alpha value is -1.36. The average molecular weight is 222 g/mol. The predicted octanol–water partition coefficient (Wildman–Crippen LogP) is 0.196. The highest BCUT2D eigenvalue weighted by Gasteiger charge is 2.26. The maximum Gasteiger partial charge on any atom is 0.257 e. The van der Waals surface area contributed by atoms with Crippen molar-refractivity contribution in [1.82, 2.24) is 19.6 Å². The minimum atomic E-state index is 0.0914. The molecule has 0 aromatic carbocycles. The number of piperazine rings is 1. The minimum absolute atomic E-state index is 0.0914. The lowest BCUT2D eigenvalue weighted by molar-refractivity contribution is 0.0533. The van der Waals surface area contributed by atoms with Crippen molar-refractivity contribution in [3.8, 4) is 0 Å². The smallest absolute Gasteiger partial charge is 0.257 e. The van der Waals surface area contributed by atoms with Crippen molar-refractivity contribution in [1.29, 1.82) is 0 Å². The first kappa shape index (κ1) is 11.1. The number of carbonyl (C=O) groups is 1. The largest absolute Gasteiger partial charge is 0.333 e. The first-order valence-corrected chi connectivity index (χ1v) is 5.56. The molecule has 2 heterocycles. The summed E-state index contributed by atoms with van der Waals surface area (Å²) >= 11 is 0. The number of carbonyl (C=O) groups excluding carboxylic acids is 1. The standard InChI is InChI=1S/C11H18N4O/c1-9-7-13(2)4-5-15(9)11(16)10-6-12-14(3)8-10/h6,8-9H,4-5,7H2,1-3H3. The van der Waals surface area contributed by atoms with Crippen LogP contribution < -0.4 is 0 Å². The number of aryl methyl sites for hydroxylation is 1. The topological polar surface area (TPSA) is 41.4 Å². The van der Waals surface area contributed by atoms with E-state index in [0.717, 1.165) is 19.6 Å². The fraction of sp³-hybridized carbons (Fsp3) is 0.636. The van der Waals surface area contributed by atoms with Crippen molar-refractivity contribution in [3.05, 3.63) is 18.0 Å². The van der Waals surface area contributed by atoms with Gasteiger partial charge in [-0.05, 0) is 14.0 Å². The first-order valence-electron chi connectivity index (χ1n) is 5.56. The van der Waals surface area contributed by atoms with Crippen LogP contribution in [-0.4, -0.2) is 58.2 Å². The van der Waals surface area contributed by atoms with E-state index < -0.39 is 0 Å². The third-order valence-corrected chi connectivity index (χ3v) is 3.04. The van der Waals surface area contributed by atoms with E-state index in [9.17, 15) is 4.79 Å². The van der Waals surface area contributed by atoms with Crippen LogP contribution in [0.15, 0.2) is 12.4 Å². The number of nitrogens with zero attached hydrogens (tertiary/aromatic N) is 4. The molecule has 1 unspecified atom stereocenters. The number of likely N-dealkylation sites (N-methyl/N-ethyl adjacent to an activating group) is 1. The first-order chi connectivity index (χ1) is 7.58. The zero-order valence-electron chi connectivity index (χ0n) is 10.1. The molecule has 1 atom stereocenters. The third kappa shape index (κ3) is 2.09. The van der Waals surface area contributed by atoms with Crippen LogP contribution in [0.1, 0.15) is 17.3 Å². The molecule has 1 fully saturated rings. The summed E-state index contributed by atoms with van der Waals surface area (Å²) in [6.07, 6.45) is 3.40. The normalized spacial score (nSPS) is 22.4. The Balaban J connectivity index is 2.10. The molecule has 5 nitrogen and oxygen atoms in total. The van der Waals surface area contributed by atoms with Gasteiger partial charge in [-0.2, -0.15) is 5.10 Å². The van der Waals surface area contributed by atoms with Gasteiger partial charge in [-0.3, -0.25) is 9.48 Å². The Labute approximate surface area is 95.6 Å². The van der Waals surface area contributed by atoms with E-state index in [1.807, 2.05) is 11.9 Å². The lowest BCUT2D eigenvalue weighted by Crippen LogP contribution is -2.52. The highest BCUT2D eigenvalue weighted by Crippen LogP contribution is 2.12. The van der Waals surface area contributed by atoms with Gasteiger partial charge in [0, 0.05) is 38.9 Å².